The monoisotopic (exact) mass is 607 g/mol. The highest BCUT2D eigenvalue weighted by atomic mass is 35.5. The number of imidazole rings is 1. The molecule has 5 heterocycles. The van der Waals surface area contributed by atoms with Crippen LogP contribution in [0.2, 0.25) is 4.34 Å². The number of fused-ring (bicyclic) bond motifs is 2. The number of aromatic nitrogens is 4. The van der Waals surface area contributed by atoms with Crippen molar-refractivity contribution >= 4 is 80.3 Å². The Bertz CT molecular complexity index is 1620. The highest BCUT2D eigenvalue weighted by Gasteiger charge is 2.55. The van der Waals surface area contributed by atoms with Crippen LogP contribution in [0.1, 0.15) is 12.6 Å². The van der Waals surface area contributed by atoms with E-state index in [4.69, 9.17) is 27.3 Å². The second kappa shape index (κ2) is 10.7. The van der Waals surface area contributed by atoms with E-state index >= 15 is 0 Å². The van der Waals surface area contributed by atoms with E-state index in [0.29, 0.717) is 5.57 Å². The van der Waals surface area contributed by atoms with Crippen molar-refractivity contribution < 1.29 is 38.8 Å². The molecule has 208 valence electrons. The SMILES string of the molecule is C[C@H](ON=C(C(=O)N[C@@H]1C(=O)N2C(C(=O)O)=C(C[n+]3ccc4nc[nH]c4c3)CSC12)c1nc(N)sc1Cl)C(=O)O. The molecule has 6 N–H and O–H groups in total. The molecule has 3 atom stereocenters. The molecule has 0 radical (unpaired) electrons. The Balaban J connectivity index is 1.37. The lowest BCUT2D eigenvalue weighted by molar-refractivity contribution is -0.687. The Hall–Kier alpha value is -4.22. The summed E-state index contributed by atoms with van der Waals surface area (Å²) in [5, 5.41) is 24.5. The number of β-lactam (4-membered cyclic amide) rings is 1. The maximum absolute atomic E-state index is 13.2. The van der Waals surface area contributed by atoms with Crippen LogP contribution < -0.4 is 15.6 Å². The maximum Gasteiger partial charge on any atom is 0.352 e. The number of carbonyl (C=O) groups excluding carboxylic acids is 2. The molecule has 0 saturated carbocycles. The van der Waals surface area contributed by atoms with Crippen molar-refractivity contribution in [3.05, 3.63) is 46.1 Å². The number of thioether (sulfide) groups is 1. The van der Waals surface area contributed by atoms with Crippen molar-refractivity contribution in [3.63, 3.8) is 0 Å². The van der Waals surface area contributed by atoms with Crippen LogP contribution in [0.4, 0.5) is 5.13 Å². The van der Waals surface area contributed by atoms with Gasteiger partial charge in [0.25, 0.3) is 11.8 Å². The quantitative estimate of drug-likeness (QED) is 0.0955. The first-order valence-corrected chi connectivity index (χ1v) is 13.7. The molecule has 40 heavy (non-hydrogen) atoms. The fourth-order valence-corrected chi connectivity index (χ4v) is 6.36. The van der Waals surface area contributed by atoms with Crippen molar-refractivity contribution in [2.45, 2.75) is 31.0 Å². The van der Waals surface area contributed by atoms with Crippen LogP contribution in [0.25, 0.3) is 11.0 Å². The molecule has 0 aliphatic carbocycles. The van der Waals surface area contributed by atoms with Crippen molar-refractivity contribution in [3.8, 4) is 0 Å². The van der Waals surface area contributed by atoms with Gasteiger partial charge in [-0.15, -0.1) is 11.8 Å². The van der Waals surface area contributed by atoms with E-state index in [-0.39, 0.29) is 33.2 Å². The first-order chi connectivity index (χ1) is 19.0. The summed E-state index contributed by atoms with van der Waals surface area (Å²) >= 11 is 8.28. The highest BCUT2D eigenvalue weighted by Crippen LogP contribution is 2.40. The molecule has 0 aromatic carbocycles. The largest absolute Gasteiger partial charge is 0.478 e. The third-order valence-corrected chi connectivity index (χ3v) is 8.44. The second-order valence-corrected chi connectivity index (χ2v) is 11.4. The van der Waals surface area contributed by atoms with Crippen LogP contribution in [0.3, 0.4) is 0 Å². The van der Waals surface area contributed by atoms with E-state index < -0.39 is 47.0 Å². The summed E-state index contributed by atoms with van der Waals surface area (Å²) in [7, 11) is 0. The van der Waals surface area contributed by atoms with Gasteiger partial charge in [0, 0.05) is 17.4 Å². The van der Waals surface area contributed by atoms with Gasteiger partial charge in [-0.1, -0.05) is 28.1 Å². The molecule has 3 aromatic rings. The van der Waals surface area contributed by atoms with Crippen LogP contribution in [0.5, 0.6) is 0 Å². The number of oxime groups is 1. The minimum absolute atomic E-state index is 0.00172. The molecule has 2 aliphatic rings. The second-order valence-electron chi connectivity index (χ2n) is 8.64. The zero-order valence-electron chi connectivity index (χ0n) is 20.4. The average molecular weight is 608 g/mol. The maximum atomic E-state index is 13.2. The standard InChI is InChI=1S/C22H19ClN8O7S2/c1-8(20(34)35)38-29-13(12-16(23)40-22(24)28-12)17(32)27-14-18(33)31-15(21(36)37)9(6-39-19(14)31)4-30-3-2-10-11(5-30)26-7-25-10/h2-3,5,7-8,14,19H,4,6H2,1H3,(H5,24,27,28,32,34,35,36,37)/p+1/t8-,14+,19?/m0/s1. The summed E-state index contributed by atoms with van der Waals surface area (Å²) in [6.45, 7) is 1.42. The van der Waals surface area contributed by atoms with E-state index in [9.17, 15) is 24.3 Å². The zero-order valence-corrected chi connectivity index (χ0v) is 22.8. The number of halogens is 1. The number of nitrogens with zero attached hydrogens (tertiary/aromatic N) is 5. The zero-order chi connectivity index (χ0) is 28.7. The molecule has 2 aliphatic heterocycles. The Morgan fingerprint density at radius 1 is 1.43 bits per heavy atom. The number of pyridine rings is 1. The Labute approximate surface area is 237 Å². The number of anilines is 1. The Kier molecular flexibility index (Phi) is 7.35. The van der Waals surface area contributed by atoms with Crippen LogP contribution >= 0.6 is 34.7 Å². The van der Waals surface area contributed by atoms with Gasteiger partial charge in [-0.25, -0.2) is 19.6 Å². The molecule has 5 rings (SSSR count). The number of hydrogen-bond acceptors (Lipinski definition) is 11. The molecule has 0 bridgehead atoms. The number of rotatable bonds is 9. The molecule has 3 aromatic heterocycles. The molecular formula is C22H20ClN8O7S2+. The number of aromatic amines is 1. The third kappa shape index (κ3) is 5.05. The molecule has 1 saturated heterocycles. The third-order valence-electron chi connectivity index (χ3n) is 6.02. The normalized spacial score (nSPS) is 19.7. The molecule has 0 spiro atoms. The van der Waals surface area contributed by atoms with Gasteiger partial charge >= 0.3 is 11.9 Å². The number of nitrogen functional groups attached to an aromatic ring is 1. The van der Waals surface area contributed by atoms with Crippen molar-refractivity contribution in [1.29, 1.82) is 0 Å². The summed E-state index contributed by atoms with van der Waals surface area (Å²) < 4.78 is 1.78. The Morgan fingerprint density at radius 3 is 2.88 bits per heavy atom. The summed E-state index contributed by atoms with van der Waals surface area (Å²) in [5.74, 6) is -3.90. The van der Waals surface area contributed by atoms with Gasteiger partial charge < -0.3 is 31.1 Å². The molecule has 1 unspecified atom stereocenters. The lowest BCUT2D eigenvalue weighted by Gasteiger charge is -2.49. The Morgan fingerprint density at radius 2 is 2.20 bits per heavy atom. The fourth-order valence-electron chi connectivity index (χ4n) is 4.09. The van der Waals surface area contributed by atoms with E-state index in [2.05, 4.69) is 25.4 Å². The van der Waals surface area contributed by atoms with E-state index in [1.165, 1.54) is 18.7 Å². The minimum atomic E-state index is -1.40. The summed E-state index contributed by atoms with van der Waals surface area (Å²) in [6, 6.07) is 0.688. The van der Waals surface area contributed by atoms with Gasteiger partial charge in [-0.3, -0.25) is 14.5 Å². The number of carboxylic acid groups (broad SMARTS) is 2. The van der Waals surface area contributed by atoms with Crippen LogP contribution in [-0.4, -0.2) is 82.8 Å². The van der Waals surface area contributed by atoms with Gasteiger partial charge in [0.2, 0.25) is 6.10 Å². The number of nitrogens with two attached hydrogens (primary N) is 1. The molecule has 18 heteroatoms. The summed E-state index contributed by atoms with van der Waals surface area (Å²) in [4.78, 5) is 66.9. The number of thiazole rings is 1. The first-order valence-electron chi connectivity index (χ1n) is 11.5. The van der Waals surface area contributed by atoms with Crippen molar-refractivity contribution in [2.24, 2.45) is 5.16 Å². The van der Waals surface area contributed by atoms with E-state index in [0.717, 1.165) is 27.3 Å². The smallest absolute Gasteiger partial charge is 0.352 e. The fraction of sp³-hybridized carbons (Fsp3) is 0.273. The van der Waals surface area contributed by atoms with Crippen LogP contribution in [-0.2, 0) is 30.6 Å². The van der Waals surface area contributed by atoms with Crippen LogP contribution in [0.15, 0.2) is 41.2 Å². The predicted octanol–water partition coefficient (Wildman–Crippen LogP) is 0.175. The van der Waals surface area contributed by atoms with E-state index in [1.807, 2.05) is 0 Å². The van der Waals surface area contributed by atoms with Crippen molar-refractivity contribution in [2.75, 3.05) is 11.5 Å². The molecule has 15 nitrogen and oxygen atoms in total. The van der Waals surface area contributed by atoms with Gasteiger partial charge in [-0.05, 0) is 6.92 Å². The highest BCUT2D eigenvalue weighted by molar-refractivity contribution is 8.00. The number of carbonyl (C=O) groups is 4. The van der Waals surface area contributed by atoms with Gasteiger partial charge in [0.05, 0.1) is 6.33 Å². The molecule has 1 fully saturated rings. The van der Waals surface area contributed by atoms with E-state index in [1.54, 1.807) is 29.4 Å². The van der Waals surface area contributed by atoms with Gasteiger partial charge in [0.1, 0.15) is 38.2 Å². The molecular weight excluding hydrogens is 588 g/mol. The van der Waals surface area contributed by atoms with Crippen LogP contribution in [0, 0.1) is 0 Å². The van der Waals surface area contributed by atoms with Crippen molar-refractivity contribution in [1.82, 2.24) is 25.2 Å². The number of H-pyrrole nitrogens is 1. The number of nitrogens with one attached hydrogen (secondary N) is 2. The number of aliphatic carboxylic acids is 2. The summed E-state index contributed by atoms with van der Waals surface area (Å²) in [6.07, 6.45) is 3.70. The lowest BCUT2D eigenvalue weighted by atomic mass is 10.0. The first kappa shape index (κ1) is 27.4. The van der Waals surface area contributed by atoms with Gasteiger partial charge in [0.15, 0.2) is 29.8 Å². The lowest BCUT2D eigenvalue weighted by Crippen LogP contribution is -2.71. The summed E-state index contributed by atoms with van der Waals surface area (Å²) in [5.41, 5.74) is 6.92. The van der Waals surface area contributed by atoms with Gasteiger partial charge in [-0.2, -0.15) is 4.57 Å². The minimum Gasteiger partial charge on any atom is -0.478 e. The number of amides is 2. The predicted molar refractivity (Wildman–Crippen MR) is 142 cm³/mol. The number of carboxylic acids is 2. The molecule has 2 amide bonds. The topological polar surface area (TPSA) is 217 Å². The number of hydrogen-bond donors (Lipinski definition) is 5. The average Bonchev–Trinajstić information content (AvgIpc) is 3.51.